The number of aromatic carboxylic acids is 1. The summed E-state index contributed by atoms with van der Waals surface area (Å²) in [6.45, 7) is 4.37. The van der Waals surface area contributed by atoms with E-state index in [0.29, 0.717) is 19.5 Å². The largest absolute Gasteiger partial charge is 0.477 e. The Balaban J connectivity index is 2.06. The topological polar surface area (TPSA) is 127 Å². The maximum Gasteiger partial charge on any atom is 0.342 e. The highest BCUT2D eigenvalue weighted by atomic mass is 32.2. The van der Waals surface area contributed by atoms with Gasteiger partial charge < -0.3 is 25.7 Å². The molecule has 2 aromatic rings. The number of nitrogens with two attached hydrogens (primary N) is 2. The van der Waals surface area contributed by atoms with Gasteiger partial charge >= 0.3 is 5.97 Å². The number of hydrazine groups is 1. The normalized spacial score (nSPS) is 21.8. The number of rotatable bonds is 4. The number of halogens is 2. The second kappa shape index (κ2) is 6.85. The summed E-state index contributed by atoms with van der Waals surface area (Å²) in [6.07, 6.45) is 0.683. The number of fused-ring (bicyclic) bond motifs is 3. The molecule has 8 nitrogen and oxygen atoms in total. The summed E-state index contributed by atoms with van der Waals surface area (Å²) >= 11 is 1.15. The fraction of sp³-hybridized carbons (Fsp3) is 0.444. The van der Waals surface area contributed by atoms with Crippen LogP contribution in [0.3, 0.4) is 0 Å². The van der Waals surface area contributed by atoms with Gasteiger partial charge in [-0.2, -0.15) is 0 Å². The third kappa shape index (κ3) is 2.71. The van der Waals surface area contributed by atoms with Gasteiger partial charge in [-0.25, -0.2) is 13.6 Å². The second-order valence-electron chi connectivity index (χ2n) is 7.47. The smallest absolute Gasteiger partial charge is 0.342 e. The Morgan fingerprint density at radius 2 is 2.07 bits per heavy atom. The molecule has 3 atom stereocenters. The Morgan fingerprint density at radius 3 is 2.59 bits per heavy atom. The van der Waals surface area contributed by atoms with Gasteiger partial charge in [0.1, 0.15) is 16.9 Å². The van der Waals surface area contributed by atoms with Gasteiger partial charge in [-0.3, -0.25) is 10.6 Å². The number of carboxylic acids is 1. The number of hydrogen-bond acceptors (Lipinski definition) is 7. The fourth-order valence-corrected chi connectivity index (χ4v) is 5.34. The number of carboxylic acid groups (broad SMARTS) is 1. The minimum Gasteiger partial charge on any atom is -0.477 e. The number of aromatic nitrogens is 1. The summed E-state index contributed by atoms with van der Waals surface area (Å²) in [5.74, 6) is 2.20. The number of hydrogen-bond donors (Lipinski definition) is 4. The van der Waals surface area contributed by atoms with E-state index in [1.807, 2.05) is 6.92 Å². The predicted octanol–water partition coefficient (Wildman–Crippen LogP) is 2.06. The number of pyridine rings is 1. The fourth-order valence-electron chi connectivity index (χ4n) is 4.21. The SMILES string of the molecule is CC(N)C1CCN(c2c(F)c(NN)c3c(=O)c(C(=O)O)c4n(c3c2F)C(C)S4)C1. The summed E-state index contributed by atoms with van der Waals surface area (Å²) in [5, 5.41) is 8.91. The molecule has 0 aliphatic carbocycles. The third-order valence-electron chi connectivity index (χ3n) is 5.75. The molecule has 156 valence electrons. The van der Waals surface area contributed by atoms with E-state index in [2.05, 4.69) is 5.43 Å². The number of benzene rings is 1. The van der Waals surface area contributed by atoms with Crippen LogP contribution >= 0.6 is 11.8 Å². The molecule has 6 N–H and O–H groups in total. The first-order valence-electron chi connectivity index (χ1n) is 9.19. The van der Waals surface area contributed by atoms with Gasteiger partial charge in [-0.15, -0.1) is 0 Å². The first-order chi connectivity index (χ1) is 13.7. The number of nitrogen functional groups attached to an aromatic ring is 1. The van der Waals surface area contributed by atoms with Gasteiger partial charge in [0.2, 0.25) is 5.43 Å². The van der Waals surface area contributed by atoms with Crippen LogP contribution in [0.4, 0.5) is 20.2 Å². The maximum absolute atomic E-state index is 15.7. The summed E-state index contributed by atoms with van der Waals surface area (Å²) in [4.78, 5) is 26.1. The first-order valence-corrected chi connectivity index (χ1v) is 10.1. The number of thioether (sulfide) groups is 1. The van der Waals surface area contributed by atoms with Gasteiger partial charge in [0.25, 0.3) is 0 Å². The summed E-state index contributed by atoms with van der Waals surface area (Å²) in [5.41, 5.74) is 5.78. The van der Waals surface area contributed by atoms with Crippen molar-refractivity contribution in [3.8, 4) is 0 Å². The van der Waals surface area contributed by atoms with Gasteiger partial charge in [0.05, 0.1) is 21.3 Å². The van der Waals surface area contributed by atoms with Crippen LogP contribution in [0.15, 0.2) is 9.82 Å². The van der Waals surface area contributed by atoms with E-state index < -0.39 is 39.7 Å². The van der Waals surface area contributed by atoms with Crippen LogP contribution in [0.1, 0.15) is 36.0 Å². The van der Waals surface area contributed by atoms with Crippen molar-refractivity contribution in [3.63, 3.8) is 0 Å². The lowest BCUT2D eigenvalue weighted by molar-refractivity contribution is 0.0689. The molecule has 0 saturated carbocycles. The lowest BCUT2D eigenvalue weighted by Crippen LogP contribution is -2.32. The molecule has 1 aromatic carbocycles. The van der Waals surface area contributed by atoms with Crippen molar-refractivity contribution in [2.45, 2.75) is 36.7 Å². The van der Waals surface area contributed by atoms with E-state index >= 15 is 8.78 Å². The number of nitrogens with zero attached hydrogens (tertiary/aromatic N) is 2. The molecule has 2 aliphatic heterocycles. The van der Waals surface area contributed by atoms with Gasteiger partial charge in [-0.1, -0.05) is 11.8 Å². The zero-order valence-electron chi connectivity index (χ0n) is 15.8. The third-order valence-corrected chi connectivity index (χ3v) is 6.92. The second-order valence-corrected chi connectivity index (χ2v) is 8.78. The molecule has 0 bridgehead atoms. The van der Waals surface area contributed by atoms with Crippen molar-refractivity contribution in [3.05, 3.63) is 27.4 Å². The quantitative estimate of drug-likeness (QED) is 0.433. The van der Waals surface area contributed by atoms with Crippen molar-refractivity contribution in [2.75, 3.05) is 23.4 Å². The molecule has 1 fully saturated rings. The first kappa shape index (κ1) is 19.9. The van der Waals surface area contributed by atoms with Crippen LogP contribution in [0.5, 0.6) is 0 Å². The average Bonchev–Trinajstić information content (AvgIpc) is 3.12. The van der Waals surface area contributed by atoms with Crippen LogP contribution in [-0.2, 0) is 0 Å². The van der Waals surface area contributed by atoms with Crippen LogP contribution in [0.25, 0.3) is 10.9 Å². The van der Waals surface area contributed by atoms with E-state index in [0.717, 1.165) is 11.8 Å². The standard InChI is InChI=1S/C18H21F2N5O3S/c1-6(21)8-3-4-24(5-8)15-11(19)13(23-22)9-14(12(15)20)25-7(2)29-17(25)10(16(9)26)18(27)28/h6-8,23H,3-5,21-22H2,1-2H3,(H,27,28). The Morgan fingerprint density at radius 1 is 1.38 bits per heavy atom. The van der Waals surface area contributed by atoms with Crippen molar-refractivity contribution in [1.29, 1.82) is 0 Å². The zero-order chi connectivity index (χ0) is 21.2. The number of nitrogens with one attached hydrogen (secondary N) is 1. The Hall–Kier alpha value is -2.37. The predicted molar refractivity (Wildman–Crippen MR) is 107 cm³/mol. The highest BCUT2D eigenvalue weighted by Gasteiger charge is 2.38. The van der Waals surface area contributed by atoms with Crippen molar-refractivity contribution >= 4 is 40.0 Å². The molecule has 1 aromatic heterocycles. The molecule has 4 rings (SSSR count). The van der Waals surface area contributed by atoms with E-state index in [1.165, 1.54) is 4.57 Å². The number of anilines is 2. The molecule has 0 radical (unpaired) electrons. The molecule has 3 heterocycles. The maximum atomic E-state index is 15.7. The molecule has 2 aliphatic rings. The van der Waals surface area contributed by atoms with Crippen LogP contribution in [0.2, 0.25) is 0 Å². The highest BCUT2D eigenvalue weighted by molar-refractivity contribution is 8.00. The summed E-state index contributed by atoms with van der Waals surface area (Å²) < 4.78 is 32.5. The monoisotopic (exact) mass is 425 g/mol. The highest BCUT2D eigenvalue weighted by Crippen LogP contribution is 2.49. The molecule has 0 amide bonds. The van der Waals surface area contributed by atoms with E-state index in [9.17, 15) is 14.7 Å². The van der Waals surface area contributed by atoms with Crippen molar-refractivity contribution < 1.29 is 18.7 Å². The summed E-state index contributed by atoms with van der Waals surface area (Å²) in [6, 6.07) is -0.128. The lowest BCUT2D eigenvalue weighted by Gasteiger charge is -2.34. The molecule has 3 unspecified atom stereocenters. The molecular weight excluding hydrogens is 404 g/mol. The molecule has 29 heavy (non-hydrogen) atoms. The Kier molecular flexibility index (Phi) is 4.71. The van der Waals surface area contributed by atoms with E-state index in [1.54, 1.807) is 11.8 Å². The van der Waals surface area contributed by atoms with Crippen LogP contribution in [-0.4, -0.2) is 34.8 Å². The average molecular weight is 425 g/mol. The minimum absolute atomic E-state index is 0.0771. The van der Waals surface area contributed by atoms with E-state index in [-0.39, 0.29) is 33.6 Å². The molecule has 1 saturated heterocycles. The Labute approximate surface area is 168 Å². The Bertz CT molecular complexity index is 1100. The van der Waals surface area contributed by atoms with Gasteiger partial charge in [0, 0.05) is 19.1 Å². The van der Waals surface area contributed by atoms with Crippen LogP contribution in [0, 0.1) is 17.6 Å². The minimum atomic E-state index is -1.45. The van der Waals surface area contributed by atoms with Gasteiger partial charge in [-0.05, 0) is 26.2 Å². The van der Waals surface area contributed by atoms with Crippen molar-refractivity contribution in [1.82, 2.24) is 4.57 Å². The van der Waals surface area contributed by atoms with Gasteiger partial charge in [0.15, 0.2) is 11.6 Å². The summed E-state index contributed by atoms with van der Waals surface area (Å²) in [7, 11) is 0. The molecular formula is C18H21F2N5O3S. The zero-order valence-corrected chi connectivity index (χ0v) is 16.6. The van der Waals surface area contributed by atoms with E-state index in [4.69, 9.17) is 11.6 Å². The lowest BCUT2D eigenvalue weighted by atomic mass is 10.0. The molecule has 0 spiro atoms. The molecule has 11 heteroatoms. The number of carbonyl (C=O) groups is 1. The van der Waals surface area contributed by atoms with Crippen molar-refractivity contribution in [2.24, 2.45) is 17.5 Å². The van der Waals surface area contributed by atoms with Crippen LogP contribution < -0.4 is 27.3 Å².